The Morgan fingerprint density at radius 1 is 1.29 bits per heavy atom. The van der Waals surface area contributed by atoms with Gasteiger partial charge in [-0.1, -0.05) is 18.2 Å². The predicted octanol–water partition coefficient (Wildman–Crippen LogP) is 0.307. The van der Waals surface area contributed by atoms with E-state index in [1.54, 1.807) is 6.08 Å². The predicted molar refractivity (Wildman–Crippen MR) is 58.3 cm³/mol. The zero-order chi connectivity index (χ0) is 12.8. The number of carbonyl (C=O) groups excluding carboxylic acids is 1. The third-order valence-electron chi connectivity index (χ3n) is 2.31. The molecular formula is C11H13NO5. The van der Waals surface area contributed by atoms with Crippen molar-refractivity contribution < 1.29 is 24.6 Å². The number of carbonyl (C=O) groups is 3. The van der Waals surface area contributed by atoms with Crippen LogP contribution in [0.2, 0.25) is 0 Å². The lowest BCUT2D eigenvalue weighted by Gasteiger charge is -2.15. The molecule has 0 saturated carbocycles. The topological polar surface area (TPSA) is 104 Å². The summed E-state index contributed by atoms with van der Waals surface area (Å²) in [7, 11) is 0. The van der Waals surface area contributed by atoms with Crippen molar-refractivity contribution in [3.8, 4) is 0 Å². The second-order valence-corrected chi connectivity index (χ2v) is 3.63. The average molecular weight is 239 g/mol. The first-order valence-corrected chi connectivity index (χ1v) is 5.13. The van der Waals surface area contributed by atoms with Gasteiger partial charge < -0.3 is 15.5 Å². The van der Waals surface area contributed by atoms with Crippen LogP contribution >= 0.6 is 0 Å². The molecule has 0 aromatic heterocycles. The second-order valence-electron chi connectivity index (χ2n) is 3.63. The average Bonchev–Trinajstić information content (AvgIpc) is 2.29. The molecule has 0 saturated heterocycles. The first kappa shape index (κ1) is 13.0. The van der Waals surface area contributed by atoms with Crippen LogP contribution in [0.25, 0.3) is 0 Å². The van der Waals surface area contributed by atoms with E-state index in [0.29, 0.717) is 0 Å². The van der Waals surface area contributed by atoms with Crippen molar-refractivity contribution in [2.24, 2.45) is 0 Å². The third kappa shape index (κ3) is 4.10. The molecule has 6 nitrogen and oxygen atoms in total. The molecule has 92 valence electrons. The fourth-order valence-electron chi connectivity index (χ4n) is 1.47. The number of aliphatic carboxylic acids is 2. The normalized spacial score (nSPS) is 15.9. The molecule has 0 fully saturated rings. The van der Waals surface area contributed by atoms with Gasteiger partial charge in [0.2, 0.25) is 0 Å². The van der Waals surface area contributed by atoms with Gasteiger partial charge in [0, 0.05) is 6.42 Å². The van der Waals surface area contributed by atoms with Gasteiger partial charge in [-0.05, 0) is 18.4 Å². The first-order valence-electron chi connectivity index (χ1n) is 5.13. The molecule has 1 atom stereocenters. The maximum Gasteiger partial charge on any atom is 0.394 e. The number of rotatable bonds is 4. The van der Waals surface area contributed by atoms with Crippen molar-refractivity contribution in [3.05, 3.63) is 23.8 Å². The number of hydrogen-bond donors (Lipinski definition) is 3. The van der Waals surface area contributed by atoms with Crippen LogP contribution in [0.3, 0.4) is 0 Å². The van der Waals surface area contributed by atoms with E-state index in [1.165, 1.54) is 0 Å². The van der Waals surface area contributed by atoms with E-state index in [9.17, 15) is 14.4 Å². The lowest BCUT2D eigenvalue weighted by molar-refractivity contribution is -0.152. The Morgan fingerprint density at radius 3 is 2.47 bits per heavy atom. The molecular weight excluding hydrogens is 226 g/mol. The van der Waals surface area contributed by atoms with Crippen molar-refractivity contribution in [1.82, 2.24) is 5.32 Å². The van der Waals surface area contributed by atoms with Crippen molar-refractivity contribution in [2.75, 3.05) is 0 Å². The molecule has 0 aromatic carbocycles. The van der Waals surface area contributed by atoms with E-state index in [-0.39, 0.29) is 6.42 Å². The van der Waals surface area contributed by atoms with E-state index >= 15 is 0 Å². The minimum atomic E-state index is -1.69. The maximum atomic E-state index is 10.9. The van der Waals surface area contributed by atoms with Crippen LogP contribution in [0.1, 0.15) is 19.3 Å². The number of carboxylic acids is 2. The summed E-state index contributed by atoms with van der Waals surface area (Å²) in [5, 5.41) is 19.2. The summed E-state index contributed by atoms with van der Waals surface area (Å²) in [5.74, 6) is -4.25. The Morgan fingerprint density at radius 2 is 2.00 bits per heavy atom. The molecule has 3 N–H and O–H groups in total. The summed E-state index contributed by atoms with van der Waals surface area (Å²) in [6.45, 7) is 0. The van der Waals surface area contributed by atoms with Gasteiger partial charge in [-0.3, -0.25) is 4.79 Å². The maximum absolute atomic E-state index is 10.9. The van der Waals surface area contributed by atoms with E-state index in [0.717, 1.165) is 18.4 Å². The highest BCUT2D eigenvalue weighted by Crippen LogP contribution is 2.15. The SMILES string of the molecule is O=C(O)C(=O)N[C@H](CC1=CCCC=C1)C(=O)O. The summed E-state index contributed by atoms with van der Waals surface area (Å²) >= 11 is 0. The van der Waals surface area contributed by atoms with E-state index in [1.807, 2.05) is 17.5 Å². The van der Waals surface area contributed by atoms with E-state index in [4.69, 9.17) is 10.2 Å². The third-order valence-corrected chi connectivity index (χ3v) is 2.31. The lowest BCUT2D eigenvalue weighted by Crippen LogP contribution is -2.44. The highest BCUT2D eigenvalue weighted by atomic mass is 16.4. The van der Waals surface area contributed by atoms with Crippen LogP contribution in [0, 0.1) is 0 Å². The van der Waals surface area contributed by atoms with Crippen molar-refractivity contribution in [2.45, 2.75) is 25.3 Å². The Labute approximate surface area is 97.6 Å². The van der Waals surface area contributed by atoms with E-state index < -0.39 is 23.9 Å². The summed E-state index contributed by atoms with van der Waals surface area (Å²) < 4.78 is 0. The van der Waals surface area contributed by atoms with E-state index in [2.05, 4.69) is 0 Å². The Bertz CT molecular complexity index is 397. The van der Waals surface area contributed by atoms with Crippen LogP contribution < -0.4 is 5.32 Å². The molecule has 0 radical (unpaired) electrons. The number of amides is 1. The zero-order valence-electron chi connectivity index (χ0n) is 9.05. The van der Waals surface area contributed by atoms with Crippen LogP contribution in [-0.4, -0.2) is 34.1 Å². The molecule has 1 rings (SSSR count). The van der Waals surface area contributed by atoms with Crippen LogP contribution in [0.4, 0.5) is 0 Å². The molecule has 0 unspecified atom stereocenters. The lowest BCUT2D eigenvalue weighted by atomic mass is 10.00. The molecule has 0 bridgehead atoms. The Hall–Kier alpha value is -2.11. The standard InChI is InChI=1S/C11H13NO5/c13-9(11(16)17)12-8(10(14)15)6-7-4-2-1-3-5-7/h2,4-5,8H,1,3,6H2,(H,12,13)(H,14,15)(H,16,17)/t8-/m1/s1. The molecule has 6 heteroatoms. The van der Waals surface area contributed by atoms with Gasteiger partial charge in [0.1, 0.15) is 6.04 Å². The fourth-order valence-corrected chi connectivity index (χ4v) is 1.47. The van der Waals surface area contributed by atoms with Crippen LogP contribution in [0.5, 0.6) is 0 Å². The molecule has 1 aliphatic carbocycles. The quantitative estimate of drug-likeness (QED) is 0.612. The summed E-state index contributed by atoms with van der Waals surface area (Å²) in [4.78, 5) is 32.1. The van der Waals surface area contributed by atoms with Crippen LogP contribution in [-0.2, 0) is 14.4 Å². The summed E-state index contributed by atoms with van der Waals surface area (Å²) in [6, 6.07) is -1.22. The van der Waals surface area contributed by atoms with Gasteiger partial charge in [-0.2, -0.15) is 0 Å². The smallest absolute Gasteiger partial charge is 0.394 e. The number of nitrogens with one attached hydrogen (secondary N) is 1. The molecule has 0 spiro atoms. The minimum Gasteiger partial charge on any atom is -0.480 e. The molecule has 1 aliphatic rings. The highest BCUT2D eigenvalue weighted by Gasteiger charge is 2.23. The molecule has 17 heavy (non-hydrogen) atoms. The number of hydrogen-bond acceptors (Lipinski definition) is 3. The van der Waals surface area contributed by atoms with Crippen molar-refractivity contribution in [3.63, 3.8) is 0 Å². The second kappa shape index (κ2) is 5.83. The van der Waals surface area contributed by atoms with Crippen molar-refractivity contribution in [1.29, 1.82) is 0 Å². The number of allylic oxidation sites excluding steroid dienone is 3. The molecule has 0 heterocycles. The van der Waals surface area contributed by atoms with Gasteiger partial charge in [-0.25, -0.2) is 9.59 Å². The monoisotopic (exact) mass is 239 g/mol. The van der Waals surface area contributed by atoms with Gasteiger partial charge in [-0.15, -0.1) is 0 Å². The van der Waals surface area contributed by atoms with Crippen molar-refractivity contribution >= 4 is 17.8 Å². The fraction of sp³-hybridized carbons (Fsp3) is 0.364. The molecule has 0 aromatic rings. The Kier molecular flexibility index (Phi) is 4.45. The number of carboxylic acid groups (broad SMARTS) is 2. The first-order chi connectivity index (χ1) is 8.00. The van der Waals surface area contributed by atoms with Gasteiger partial charge in [0.25, 0.3) is 0 Å². The largest absolute Gasteiger partial charge is 0.480 e. The summed E-state index contributed by atoms with van der Waals surface area (Å²) in [5.41, 5.74) is 0.786. The Balaban J connectivity index is 2.63. The minimum absolute atomic E-state index is 0.0881. The van der Waals surface area contributed by atoms with Crippen LogP contribution in [0.15, 0.2) is 23.8 Å². The molecule has 0 aliphatic heterocycles. The van der Waals surface area contributed by atoms with Gasteiger partial charge in [0.15, 0.2) is 0 Å². The highest BCUT2D eigenvalue weighted by molar-refractivity contribution is 6.31. The summed E-state index contributed by atoms with van der Waals surface area (Å²) in [6.07, 6.45) is 7.39. The zero-order valence-corrected chi connectivity index (χ0v) is 9.05. The molecule has 1 amide bonds. The van der Waals surface area contributed by atoms with Gasteiger partial charge >= 0.3 is 17.8 Å². The van der Waals surface area contributed by atoms with Gasteiger partial charge in [0.05, 0.1) is 0 Å².